The van der Waals surface area contributed by atoms with E-state index in [1.54, 1.807) is 18.2 Å². The van der Waals surface area contributed by atoms with Crippen molar-refractivity contribution in [3.8, 4) is 0 Å². The first-order valence-corrected chi connectivity index (χ1v) is 16.0. The molecule has 1 saturated heterocycles. The first-order valence-electron chi connectivity index (χ1n) is 16.0. The van der Waals surface area contributed by atoms with Crippen LogP contribution in [0.15, 0.2) is 22.8 Å². The van der Waals surface area contributed by atoms with Gasteiger partial charge in [0.1, 0.15) is 11.0 Å². The Morgan fingerprint density at radius 3 is 1.52 bits per heavy atom. The Hall–Kier alpha value is -3.42. The number of nitrogens with zero attached hydrogens (tertiary/aromatic N) is 3. The molecule has 268 valence electrons. The van der Waals surface area contributed by atoms with Crippen LogP contribution in [0.4, 0.5) is 0 Å². The molecule has 0 radical (unpaired) electrons. The topological polar surface area (TPSA) is 194 Å². The van der Waals surface area contributed by atoms with Gasteiger partial charge in [0, 0.05) is 31.4 Å². The highest BCUT2D eigenvalue weighted by molar-refractivity contribution is 6.01. The number of imide groups is 1. The number of Topliss-reactive ketones (excluding diaryl/α,β-unsaturated/α-hetero) is 1. The maximum absolute atomic E-state index is 12.3. The van der Waals surface area contributed by atoms with Gasteiger partial charge in [0.15, 0.2) is 5.78 Å². The van der Waals surface area contributed by atoms with Crippen molar-refractivity contribution in [1.29, 1.82) is 0 Å². The second-order valence-corrected chi connectivity index (χ2v) is 10.2. The molecule has 2 amide bonds. The Morgan fingerprint density at radius 2 is 1.02 bits per heavy atom. The molecule has 3 rings (SSSR count). The van der Waals surface area contributed by atoms with Crippen LogP contribution in [0.3, 0.4) is 0 Å². The zero-order chi connectivity index (χ0) is 34.1. The lowest BCUT2D eigenvalue weighted by Crippen LogP contribution is -2.32. The van der Waals surface area contributed by atoms with Crippen LogP contribution in [0, 0.1) is 0 Å². The highest BCUT2D eigenvalue weighted by atomic mass is 16.7. The van der Waals surface area contributed by atoms with Crippen LogP contribution >= 0.6 is 0 Å². The van der Waals surface area contributed by atoms with Gasteiger partial charge in [-0.15, -0.1) is 5.06 Å². The molecule has 0 saturated carbocycles. The summed E-state index contributed by atoms with van der Waals surface area (Å²) >= 11 is 0. The molecule has 1 aliphatic rings. The molecule has 2 heterocycles. The highest BCUT2D eigenvalue weighted by Gasteiger charge is 2.32. The molecule has 1 aliphatic heterocycles. The third kappa shape index (κ3) is 16.6. The van der Waals surface area contributed by atoms with Gasteiger partial charge >= 0.3 is 5.97 Å². The number of hydrogen-bond acceptors (Lipinski definition) is 16. The van der Waals surface area contributed by atoms with Crippen LogP contribution in [0.2, 0.25) is 0 Å². The van der Waals surface area contributed by atoms with Crippen LogP contribution in [-0.4, -0.2) is 145 Å². The summed E-state index contributed by atoms with van der Waals surface area (Å²) in [6.07, 6.45) is 1.03. The third-order valence-electron chi connectivity index (χ3n) is 6.52. The molecule has 0 spiro atoms. The lowest BCUT2D eigenvalue weighted by atomic mass is 10.1. The summed E-state index contributed by atoms with van der Waals surface area (Å²) in [6, 6.07) is 5.11. The minimum absolute atomic E-state index is 0.0243. The predicted octanol–water partition coefficient (Wildman–Crippen LogP) is 1.32. The van der Waals surface area contributed by atoms with Crippen molar-refractivity contribution in [2.45, 2.75) is 32.1 Å². The monoisotopic (exact) mass is 683 g/mol. The lowest BCUT2D eigenvalue weighted by Gasteiger charge is -2.12. The zero-order valence-electron chi connectivity index (χ0n) is 27.1. The molecule has 0 N–H and O–H groups in total. The van der Waals surface area contributed by atoms with Gasteiger partial charge in [-0.05, 0) is 34.9 Å². The van der Waals surface area contributed by atoms with Gasteiger partial charge in [0.2, 0.25) is 0 Å². The first-order chi connectivity index (χ1) is 23.5. The fourth-order valence-corrected chi connectivity index (χ4v) is 4.04. The standard InChI is InChI=1S/C31H45N3O14/c35-28(25-3-4-26-27(24-25)33-48-32-26)2-1-8-39-10-12-41-14-16-43-18-20-45-22-23-46-21-19-44-17-15-42-13-11-40-9-7-31(38)47-34-29(36)5-6-30(34)37/h3-4,24H,1-2,5-23H2. The van der Waals surface area contributed by atoms with Gasteiger partial charge in [0.05, 0.1) is 106 Å². The Kier molecular flexibility index (Phi) is 20.1. The average molecular weight is 684 g/mol. The van der Waals surface area contributed by atoms with Crippen LogP contribution in [-0.2, 0) is 57.1 Å². The molecule has 0 atom stereocenters. The van der Waals surface area contributed by atoms with Crippen LogP contribution in [0.25, 0.3) is 11.0 Å². The Morgan fingerprint density at radius 1 is 0.583 bits per heavy atom. The molecule has 0 unspecified atom stereocenters. The van der Waals surface area contributed by atoms with E-state index in [0.717, 1.165) is 0 Å². The predicted molar refractivity (Wildman–Crippen MR) is 164 cm³/mol. The van der Waals surface area contributed by atoms with E-state index >= 15 is 0 Å². The van der Waals surface area contributed by atoms with E-state index in [2.05, 4.69) is 14.9 Å². The molecule has 0 bridgehead atoms. The number of hydrogen-bond donors (Lipinski definition) is 0. The van der Waals surface area contributed by atoms with Crippen molar-refractivity contribution >= 4 is 34.6 Å². The SMILES string of the molecule is O=C(CCOCCOCCOCCOCCOCCOCCOCCOCCCC(=O)c1ccc2nonc2c1)ON1C(=O)CCC1=O. The van der Waals surface area contributed by atoms with E-state index in [4.69, 9.17) is 42.7 Å². The Labute approximate surface area is 278 Å². The molecule has 1 fully saturated rings. The van der Waals surface area contributed by atoms with Crippen molar-refractivity contribution in [3.63, 3.8) is 0 Å². The number of hydroxylamine groups is 2. The fourth-order valence-electron chi connectivity index (χ4n) is 4.04. The number of rotatable bonds is 30. The van der Waals surface area contributed by atoms with Crippen molar-refractivity contribution in [2.75, 3.05) is 106 Å². The number of ketones is 1. The van der Waals surface area contributed by atoms with Crippen LogP contribution < -0.4 is 0 Å². The second-order valence-electron chi connectivity index (χ2n) is 10.2. The van der Waals surface area contributed by atoms with Gasteiger partial charge in [0.25, 0.3) is 11.8 Å². The first kappa shape index (κ1) is 39.0. The van der Waals surface area contributed by atoms with Gasteiger partial charge in [-0.25, -0.2) is 9.42 Å². The van der Waals surface area contributed by atoms with E-state index in [9.17, 15) is 19.2 Å². The van der Waals surface area contributed by atoms with E-state index in [1.807, 2.05) is 0 Å². The number of amides is 2. The van der Waals surface area contributed by atoms with Crippen LogP contribution in [0.5, 0.6) is 0 Å². The van der Waals surface area contributed by atoms with Crippen LogP contribution in [0.1, 0.15) is 42.5 Å². The zero-order valence-corrected chi connectivity index (χ0v) is 27.1. The molecule has 2 aromatic rings. The van der Waals surface area contributed by atoms with Gasteiger partial charge in [-0.1, -0.05) is 0 Å². The number of aromatic nitrogens is 2. The summed E-state index contributed by atoms with van der Waals surface area (Å²) in [5.74, 6) is -1.71. The minimum atomic E-state index is -0.703. The number of carbonyl (C=O) groups excluding carboxylic acids is 4. The largest absolute Gasteiger partial charge is 0.379 e. The van der Waals surface area contributed by atoms with Gasteiger partial charge in [-0.3, -0.25) is 14.4 Å². The molecule has 0 aliphatic carbocycles. The molecule has 1 aromatic heterocycles. The van der Waals surface area contributed by atoms with Crippen molar-refractivity contribution in [2.24, 2.45) is 0 Å². The number of ether oxygens (including phenoxy) is 8. The molecular weight excluding hydrogens is 638 g/mol. The van der Waals surface area contributed by atoms with E-state index < -0.39 is 17.8 Å². The van der Waals surface area contributed by atoms with E-state index in [1.165, 1.54) is 0 Å². The molecule has 17 heteroatoms. The molecule has 1 aromatic carbocycles. The summed E-state index contributed by atoms with van der Waals surface area (Å²) in [7, 11) is 0. The summed E-state index contributed by atoms with van der Waals surface area (Å²) < 4.78 is 48.1. The van der Waals surface area contributed by atoms with E-state index in [-0.39, 0.29) is 38.3 Å². The minimum Gasteiger partial charge on any atom is -0.379 e. The Bertz CT molecular complexity index is 1210. The van der Waals surface area contributed by atoms with Crippen molar-refractivity contribution in [3.05, 3.63) is 23.8 Å². The summed E-state index contributed by atoms with van der Waals surface area (Å²) in [5, 5.41) is 7.99. The summed E-state index contributed by atoms with van der Waals surface area (Å²) in [4.78, 5) is 51.4. The summed E-state index contributed by atoms with van der Waals surface area (Å²) in [6.45, 7) is 6.45. The quantitative estimate of drug-likeness (QED) is 0.0649. The number of carbonyl (C=O) groups is 4. The maximum atomic E-state index is 12.3. The average Bonchev–Trinajstić information content (AvgIpc) is 3.69. The number of fused-ring (bicyclic) bond motifs is 1. The number of benzene rings is 1. The van der Waals surface area contributed by atoms with Gasteiger partial charge in [-0.2, -0.15) is 0 Å². The Balaban J connectivity index is 0.945. The van der Waals surface area contributed by atoms with E-state index in [0.29, 0.717) is 127 Å². The third-order valence-corrected chi connectivity index (χ3v) is 6.52. The maximum Gasteiger partial charge on any atom is 0.335 e. The molecule has 48 heavy (non-hydrogen) atoms. The smallest absolute Gasteiger partial charge is 0.335 e. The van der Waals surface area contributed by atoms with Gasteiger partial charge < -0.3 is 42.7 Å². The van der Waals surface area contributed by atoms with Crippen molar-refractivity contribution in [1.82, 2.24) is 15.4 Å². The lowest BCUT2D eigenvalue weighted by molar-refractivity contribution is -0.198. The summed E-state index contributed by atoms with van der Waals surface area (Å²) in [5.41, 5.74) is 1.77. The normalized spacial score (nSPS) is 13.2. The second kappa shape index (κ2) is 24.7. The molecule has 17 nitrogen and oxygen atoms in total. The molecular formula is C31H45N3O14. The van der Waals surface area contributed by atoms with Crippen molar-refractivity contribution < 1.29 is 66.5 Å². The fraction of sp³-hybridized carbons (Fsp3) is 0.677. The highest BCUT2D eigenvalue weighted by Crippen LogP contribution is 2.14.